The van der Waals surface area contributed by atoms with Crippen molar-refractivity contribution in [3.05, 3.63) is 52.0 Å². The zero-order valence-corrected chi connectivity index (χ0v) is 10.8. The first-order chi connectivity index (χ1) is 8.88. The van der Waals surface area contributed by atoms with Crippen LogP contribution in [0.25, 0.3) is 0 Å². The van der Waals surface area contributed by atoms with Crippen molar-refractivity contribution in [1.82, 2.24) is 0 Å². The quantitative estimate of drug-likeness (QED) is 0.502. The molecule has 0 unspecified atom stereocenters. The number of hydrogen-bond acceptors (Lipinski definition) is 2. The van der Waals surface area contributed by atoms with Crippen LogP contribution in [0.15, 0.2) is 28.7 Å². The summed E-state index contributed by atoms with van der Waals surface area (Å²) < 4.78 is 58.4. The number of hydrogen-bond donors (Lipinski definition) is 1. The van der Waals surface area contributed by atoms with Gasteiger partial charge in [0, 0.05) is 22.3 Å². The largest absolute Gasteiger partial charge is 0.448 e. The molecule has 0 saturated heterocycles. The van der Waals surface area contributed by atoms with Crippen molar-refractivity contribution in [1.29, 1.82) is 0 Å². The van der Waals surface area contributed by atoms with Crippen molar-refractivity contribution in [3.63, 3.8) is 0 Å². The summed E-state index contributed by atoms with van der Waals surface area (Å²) in [5.74, 6) is -6.28. The molecule has 100 valence electrons. The van der Waals surface area contributed by atoms with E-state index in [0.717, 1.165) is 24.3 Å². The summed E-state index contributed by atoms with van der Waals surface area (Å²) >= 11 is 2.91. The number of nitrogen functional groups attached to an aromatic ring is 1. The Labute approximate surface area is 113 Å². The molecule has 0 fully saturated rings. The Hall–Kier alpha value is -1.76. The second-order valence-electron chi connectivity index (χ2n) is 3.62. The van der Waals surface area contributed by atoms with Crippen molar-refractivity contribution in [3.8, 4) is 11.5 Å². The van der Waals surface area contributed by atoms with Crippen LogP contribution in [0.4, 0.5) is 23.2 Å². The standard InChI is InChI=1S/C12H6BrF4NO/c13-5-1-7(14)11(17)10(2-5)19-12-8(15)3-6(18)4-9(12)16/h1-4H,18H2. The van der Waals surface area contributed by atoms with E-state index in [1.165, 1.54) is 0 Å². The van der Waals surface area contributed by atoms with Gasteiger partial charge in [-0.15, -0.1) is 0 Å². The predicted molar refractivity (Wildman–Crippen MR) is 64.9 cm³/mol. The molecule has 0 amide bonds. The van der Waals surface area contributed by atoms with E-state index in [-0.39, 0.29) is 10.2 Å². The summed E-state index contributed by atoms with van der Waals surface area (Å²) in [6.45, 7) is 0. The lowest BCUT2D eigenvalue weighted by Gasteiger charge is -2.10. The number of nitrogens with two attached hydrogens (primary N) is 1. The summed E-state index contributed by atoms with van der Waals surface area (Å²) in [4.78, 5) is 0. The van der Waals surface area contributed by atoms with Gasteiger partial charge in [0.25, 0.3) is 0 Å². The molecule has 2 nitrogen and oxygen atoms in total. The molecule has 0 saturated carbocycles. The average molecular weight is 336 g/mol. The van der Waals surface area contributed by atoms with Crippen molar-refractivity contribution in [2.45, 2.75) is 0 Å². The van der Waals surface area contributed by atoms with Crippen LogP contribution in [0.1, 0.15) is 0 Å². The highest BCUT2D eigenvalue weighted by atomic mass is 79.9. The van der Waals surface area contributed by atoms with Crippen LogP contribution in [0.5, 0.6) is 11.5 Å². The van der Waals surface area contributed by atoms with Crippen LogP contribution >= 0.6 is 15.9 Å². The first-order valence-corrected chi connectivity index (χ1v) is 5.74. The molecule has 0 aliphatic rings. The van der Waals surface area contributed by atoms with Gasteiger partial charge in [-0.3, -0.25) is 0 Å². The molecule has 7 heteroatoms. The van der Waals surface area contributed by atoms with E-state index in [1.807, 2.05) is 0 Å². The van der Waals surface area contributed by atoms with E-state index >= 15 is 0 Å². The lowest BCUT2D eigenvalue weighted by Crippen LogP contribution is -1.98. The van der Waals surface area contributed by atoms with Crippen LogP contribution in [0.2, 0.25) is 0 Å². The molecule has 2 aromatic carbocycles. The highest BCUT2D eigenvalue weighted by molar-refractivity contribution is 9.10. The number of halogens is 5. The van der Waals surface area contributed by atoms with Crippen molar-refractivity contribution in [2.24, 2.45) is 0 Å². The summed E-state index contributed by atoms with van der Waals surface area (Å²) in [6.07, 6.45) is 0. The molecule has 2 aromatic rings. The van der Waals surface area contributed by atoms with Crippen LogP contribution in [-0.2, 0) is 0 Å². The molecule has 0 spiro atoms. The van der Waals surface area contributed by atoms with Gasteiger partial charge in [0.1, 0.15) is 0 Å². The predicted octanol–water partition coefficient (Wildman–Crippen LogP) is 4.38. The Bertz CT molecular complexity index is 625. The van der Waals surface area contributed by atoms with E-state index in [1.54, 1.807) is 0 Å². The van der Waals surface area contributed by atoms with Crippen LogP contribution in [-0.4, -0.2) is 0 Å². The fourth-order valence-electron chi connectivity index (χ4n) is 1.39. The highest BCUT2D eigenvalue weighted by Crippen LogP contribution is 2.33. The SMILES string of the molecule is Nc1cc(F)c(Oc2cc(Br)cc(F)c2F)c(F)c1. The van der Waals surface area contributed by atoms with Gasteiger partial charge in [0.15, 0.2) is 29.0 Å². The van der Waals surface area contributed by atoms with Gasteiger partial charge in [0.2, 0.25) is 5.82 Å². The normalized spacial score (nSPS) is 10.6. The summed E-state index contributed by atoms with van der Waals surface area (Å²) in [7, 11) is 0. The fourth-order valence-corrected chi connectivity index (χ4v) is 1.80. The number of rotatable bonds is 2. The number of ether oxygens (including phenoxy) is 1. The number of benzene rings is 2. The van der Waals surface area contributed by atoms with Crippen LogP contribution < -0.4 is 10.5 Å². The maximum absolute atomic E-state index is 13.5. The minimum Gasteiger partial charge on any atom is -0.448 e. The lowest BCUT2D eigenvalue weighted by atomic mass is 10.2. The van der Waals surface area contributed by atoms with Crippen molar-refractivity contribution < 1.29 is 22.3 Å². The Balaban J connectivity index is 2.48. The average Bonchev–Trinajstić information content (AvgIpc) is 2.29. The van der Waals surface area contributed by atoms with E-state index < -0.39 is 34.8 Å². The highest BCUT2D eigenvalue weighted by Gasteiger charge is 2.17. The molecule has 0 heterocycles. The second kappa shape index (κ2) is 5.08. The third kappa shape index (κ3) is 2.81. The number of anilines is 1. The zero-order valence-electron chi connectivity index (χ0n) is 9.18. The summed E-state index contributed by atoms with van der Waals surface area (Å²) in [5.41, 5.74) is 5.07. The van der Waals surface area contributed by atoms with Gasteiger partial charge in [-0.05, 0) is 12.1 Å². The van der Waals surface area contributed by atoms with Crippen LogP contribution in [0.3, 0.4) is 0 Å². The van der Waals surface area contributed by atoms with Crippen LogP contribution in [0, 0.1) is 23.3 Å². The molecule has 0 atom stereocenters. The first kappa shape index (κ1) is 13.7. The van der Waals surface area contributed by atoms with E-state index in [9.17, 15) is 17.6 Å². The molecular weight excluding hydrogens is 330 g/mol. The molecule has 0 bridgehead atoms. The van der Waals surface area contributed by atoms with Gasteiger partial charge >= 0.3 is 0 Å². The van der Waals surface area contributed by atoms with E-state index in [4.69, 9.17) is 10.5 Å². The maximum Gasteiger partial charge on any atom is 0.201 e. The van der Waals surface area contributed by atoms with Gasteiger partial charge in [-0.2, -0.15) is 4.39 Å². The smallest absolute Gasteiger partial charge is 0.201 e. The minimum absolute atomic E-state index is 0.150. The van der Waals surface area contributed by atoms with Gasteiger partial charge < -0.3 is 10.5 Å². The Morgan fingerprint density at radius 1 is 0.895 bits per heavy atom. The molecule has 2 N–H and O–H groups in total. The molecule has 0 aliphatic heterocycles. The zero-order chi connectivity index (χ0) is 14.2. The molecule has 0 radical (unpaired) electrons. The molecule has 0 aromatic heterocycles. The summed E-state index contributed by atoms with van der Waals surface area (Å²) in [6, 6.07) is 3.53. The monoisotopic (exact) mass is 335 g/mol. The summed E-state index contributed by atoms with van der Waals surface area (Å²) in [5, 5.41) is 0. The van der Waals surface area contributed by atoms with Gasteiger partial charge in [-0.1, -0.05) is 15.9 Å². The van der Waals surface area contributed by atoms with Gasteiger partial charge in [-0.25, -0.2) is 13.2 Å². The molecular formula is C12H6BrF4NO. The Morgan fingerprint density at radius 2 is 1.47 bits per heavy atom. The molecule has 0 aliphatic carbocycles. The second-order valence-corrected chi connectivity index (χ2v) is 4.53. The minimum atomic E-state index is -1.35. The van der Waals surface area contributed by atoms with Crippen molar-refractivity contribution >= 4 is 21.6 Å². The lowest BCUT2D eigenvalue weighted by molar-refractivity contribution is 0.375. The topological polar surface area (TPSA) is 35.2 Å². The van der Waals surface area contributed by atoms with E-state index in [2.05, 4.69) is 15.9 Å². The maximum atomic E-state index is 13.5. The third-order valence-corrected chi connectivity index (χ3v) is 2.65. The van der Waals surface area contributed by atoms with E-state index in [0.29, 0.717) is 0 Å². The third-order valence-electron chi connectivity index (χ3n) is 2.19. The van der Waals surface area contributed by atoms with Gasteiger partial charge in [0.05, 0.1) is 0 Å². The van der Waals surface area contributed by atoms with Crippen molar-refractivity contribution in [2.75, 3.05) is 5.73 Å². The fraction of sp³-hybridized carbons (Fsp3) is 0. The Morgan fingerprint density at radius 3 is 2.05 bits per heavy atom. The molecule has 2 rings (SSSR count). The molecule has 19 heavy (non-hydrogen) atoms. The Kier molecular flexibility index (Phi) is 3.66. The first-order valence-electron chi connectivity index (χ1n) is 4.95.